The summed E-state index contributed by atoms with van der Waals surface area (Å²) in [5.41, 5.74) is 17.5. The van der Waals surface area contributed by atoms with Crippen molar-refractivity contribution in [3.8, 4) is 44.8 Å². The predicted octanol–water partition coefficient (Wildman–Crippen LogP) is 15.9. The molecule has 1 aliphatic rings. The van der Waals surface area contributed by atoms with Crippen molar-refractivity contribution < 1.29 is 0 Å². The van der Waals surface area contributed by atoms with Gasteiger partial charge in [-0.25, -0.2) is 0 Å². The van der Waals surface area contributed by atoms with Gasteiger partial charge in [0.05, 0.1) is 22.1 Å². The molecule has 3 aromatic heterocycles. The summed E-state index contributed by atoms with van der Waals surface area (Å²) in [5, 5.41) is 7.76. The molecule has 0 atom stereocenters. The van der Waals surface area contributed by atoms with Gasteiger partial charge in [0.1, 0.15) is 0 Å². The molecule has 0 amide bonds. The molecule has 0 fully saturated rings. The van der Waals surface area contributed by atoms with Gasteiger partial charge in [0, 0.05) is 58.5 Å². The number of hydrogen-bond acceptors (Lipinski definition) is 1. The van der Waals surface area contributed by atoms with Gasteiger partial charge in [-0.2, -0.15) is 0 Å². The fourth-order valence-corrected chi connectivity index (χ4v) is 11.7. The maximum absolute atomic E-state index is 2.47. The molecule has 0 spiro atoms. The third kappa shape index (κ3) is 4.70. The van der Waals surface area contributed by atoms with Crippen molar-refractivity contribution in [2.45, 2.75) is 19.3 Å². The lowest BCUT2D eigenvalue weighted by Gasteiger charge is -2.23. The third-order valence-corrected chi connectivity index (χ3v) is 14.5. The number of thiophene rings is 1. The third-order valence-electron chi connectivity index (χ3n) is 13.3. The van der Waals surface area contributed by atoms with Crippen molar-refractivity contribution in [2.24, 2.45) is 0 Å². The number of hydrogen-bond donors (Lipinski definition) is 0. The van der Waals surface area contributed by atoms with Crippen LogP contribution in [0, 0.1) is 0 Å². The van der Waals surface area contributed by atoms with E-state index in [4.69, 9.17) is 0 Å². The Hall–Kier alpha value is -7.20. The summed E-state index contributed by atoms with van der Waals surface area (Å²) in [6.07, 6.45) is 0. The van der Waals surface area contributed by atoms with E-state index in [0.717, 1.165) is 0 Å². The summed E-state index contributed by atoms with van der Waals surface area (Å²) >= 11 is 1.89. The van der Waals surface area contributed by atoms with E-state index in [1.54, 1.807) is 0 Å². The van der Waals surface area contributed by atoms with Gasteiger partial charge in [0.2, 0.25) is 0 Å². The van der Waals surface area contributed by atoms with E-state index in [-0.39, 0.29) is 5.41 Å². The molecule has 2 nitrogen and oxygen atoms in total. The highest BCUT2D eigenvalue weighted by molar-refractivity contribution is 7.26. The standard InChI is InChI=1S/C57H38N2S/c1-57(2)49-33-36(35-24-29-53-47(31-35)43-15-6-9-20-51(43)58(53)38-13-4-3-5-14-38)23-27-41(49)42-28-26-39(34-50(42)57)59-52-21-10-7-16-44(52)48-32-37(25-30-54(48)59)40-18-12-19-46-45-17-8-11-22-55(45)60-56(40)46/h3-34H,1-2H3. The topological polar surface area (TPSA) is 9.86 Å². The molecule has 0 radical (unpaired) electrons. The SMILES string of the molecule is CC1(C)c2cc(-c3ccc4c(c3)c3ccccc3n4-c3ccccc3)ccc2-c2ccc(-n3c4ccccc4c4cc(-c5cccc6c5sc5ccccc56)ccc43)cc21. The van der Waals surface area contributed by atoms with Crippen molar-refractivity contribution in [3.05, 3.63) is 205 Å². The zero-order valence-corrected chi connectivity index (χ0v) is 34.1. The minimum absolute atomic E-state index is 0.182. The van der Waals surface area contributed by atoms with E-state index in [9.17, 15) is 0 Å². The van der Waals surface area contributed by atoms with Gasteiger partial charge in [0.15, 0.2) is 0 Å². The highest BCUT2D eigenvalue weighted by Crippen LogP contribution is 2.51. The Morgan fingerprint density at radius 1 is 0.350 bits per heavy atom. The lowest BCUT2D eigenvalue weighted by molar-refractivity contribution is 0.660. The lowest BCUT2D eigenvalue weighted by Crippen LogP contribution is -2.15. The van der Waals surface area contributed by atoms with Gasteiger partial charge in [-0.3, -0.25) is 0 Å². The monoisotopic (exact) mass is 782 g/mol. The molecule has 12 aromatic rings. The molecule has 0 N–H and O–H groups in total. The van der Waals surface area contributed by atoms with E-state index in [2.05, 4.69) is 217 Å². The smallest absolute Gasteiger partial charge is 0.0541 e. The Morgan fingerprint density at radius 3 is 1.63 bits per heavy atom. The summed E-state index contributed by atoms with van der Waals surface area (Å²) in [5.74, 6) is 0. The largest absolute Gasteiger partial charge is 0.309 e. The minimum Gasteiger partial charge on any atom is -0.309 e. The van der Waals surface area contributed by atoms with Crippen LogP contribution in [0.25, 0.3) is 109 Å². The minimum atomic E-state index is -0.182. The fraction of sp³-hybridized carbons (Fsp3) is 0.0526. The van der Waals surface area contributed by atoms with E-state index >= 15 is 0 Å². The quantitative estimate of drug-likeness (QED) is 0.168. The maximum Gasteiger partial charge on any atom is 0.0541 e. The van der Waals surface area contributed by atoms with E-state index in [1.165, 1.54) is 120 Å². The van der Waals surface area contributed by atoms with Crippen LogP contribution in [0.4, 0.5) is 0 Å². The summed E-state index contributed by atoms with van der Waals surface area (Å²) in [6.45, 7) is 4.79. The molecule has 1 aliphatic carbocycles. The first-order valence-electron chi connectivity index (χ1n) is 20.8. The van der Waals surface area contributed by atoms with Crippen LogP contribution in [0.3, 0.4) is 0 Å². The Balaban J connectivity index is 0.913. The molecule has 0 aliphatic heterocycles. The lowest BCUT2D eigenvalue weighted by atomic mass is 9.81. The second kappa shape index (κ2) is 12.4. The average molecular weight is 783 g/mol. The zero-order valence-electron chi connectivity index (χ0n) is 33.3. The zero-order chi connectivity index (χ0) is 39.7. The Kier molecular flexibility index (Phi) is 6.98. The molecule has 3 heteroatoms. The molecule has 0 saturated carbocycles. The highest BCUT2D eigenvalue weighted by atomic mass is 32.1. The van der Waals surface area contributed by atoms with Crippen molar-refractivity contribution >= 4 is 75.1 Å². The van der Waals surface area contributed by atoms with Crippen molar-refractivity contribution in [3.63, 3.8) is 0 Å². The van der Waals surface area contributed by atoms with Crippen molar-refractivity contribution in [1.82, 2.24) is 9.13 Å². The van der Waals surface area contributed by atoms with Crippen LogP contribution in [-0.2, 0) is 5.41 Å². The maximum atomic E-state index is 2.47. The van der Waals surface area contributed by atoms with E-state index in [1.807, 2.05) is 11.3 Å². The molecule has 9 aromatic carbocycles. The Morgan fingerprint density at radius 2 is 0.883 bits per heavy atom. The Labute approximate surface area is 351 Å². The van der Waals surface area contributed by atoms with Gasteiger partial charge in [-0.1, -0.05) is 135 Å². The number of rotatable bonds is 4. The van der Waals surface area contributed by atoms with Crippen molar-refractivity contribution in [1.29, 1.82) is 0 Å². The number of para-hydroxylation sites is 3. The van der Waals surface area contributed by atoms with Crippen LogP contribution < -0.4 is 0 Å². The van der Waals surface area contributed by atoms with Gasteiger partial charge in [-0.05, 0) is 117 Å². The predicted molar refractivity (Wildman–Crippen MR) is 256 cm³/mol. The number of benzene rings is 9. The number of aromatic nitrogens is 2. The molecule has 60 heavy (non-hydrogen) atoms. The summed E-state index contributed by atoms with van der Waals surface area (Å²) < 4.78 is 7.54. The highest BCUT2D eigenvalue weighted by Gasteiger charge is 2.36. The number of nitrogens with zero attached hydrogens (tertiary/aromatic N) is 2. The molecule has 282 valence electrons. The second-order valence-electron chi connectivity index (χ2n) is 16.9. The first kappa shape index (κ1) is 33.7. The van der Waals surface area contributed by atoms with Gasteiger partial charge in [-0.15, -0.1) is 11.3 Å². The van der Waals surface area contributed by atoms with Crippen LogP contribution in [-0.4, -0.2) is 9.13 Å². The normalized spacial score (nSPS) is 13.3. The molecule has 0 unspecified atom stereocenters. The Bertz CT molecular complexity index is 3740. The van der Waals surface area contributed by atoms with E-state index in [0.29, 0.717) is 0 Å². The molecular formula is C57H38N2S. The molecular weight excluding hydrogens is 745 g/mol. The number of fused-ring (bicyclic) bond motifs is 12. The van der Waals surface area contributed by atoms with Crippen LogP contribution >= 0.6 is 11.3 Å². The average Bonchev–Trinajstić information content (AvgIpc) is 4.01. The van der Waals surface area contributed by atoms with Crippen molar-refractivity contribution in [2.75, 3.05) is 0 Å². The van der Waals surface area contributed by atoms with Gasteiger partial charge >= 0.3 is 0 Å². The van der Waals surface area contributed by atoms with Gasteiger partial charge in [0.25, 0.3) is 0 Å². The van der Waals surface area contributed by atoms with Crippen LogP contribution in [0.1, 0.15) is 25.0 Å². The summed E-state index contributed by atoms with van der Waals surface area (Å²) in [7, 11) is 0. The molecule has 0 bridgehead atoms. The molecule has 0 saturated heterocycles. The van der Waals surface area contributed by atoms with Crippen LogP contribution in [0.2, 0.25) is 0 Å². The first-order valence-corrected chi connectivity index (χ1v) is 21.7. The van der Waals surface area contributed by atoms with Crippen LogP contribution in [0.15, 0.2) is 194 Å². The first-order chi connectivity index (χ1) is 29.5. The van der Waals surface area contributed by atoms with Gasteiger partial charge < -0.3 is 9.13 Å². The van der Waals surface area contributed by atoms with E-state index < -0.39 is 0 Å². The molecule has 3 heterocycles. The van der Waals surface area contributed by atoms with Crippen LogP contribution in [0.5, 0.6) is 0 Å². The molecule has 13 rings (SSSR count). The fourth-order valence-electron chi connectivity index (χ4n) is 10.4. The summed E-state index contributed by atoms with van der Waals surface area (Å²) in [4.78, 5) is 0. The second-order valence-corrected chi connectivity index (χ2v) is 18.0. The summed E-state index contributed by atoms with van der Waals surface area (Å²) in [6, 6.07) is 72.2.